The van der Waals surface area contributed by atoms with Crippen molar-refractivity contribution in [2.24, 2.45) is 0 Å². The number of fused-ring (bicyclic) bond motifs is 16. The normalized spacial score (nSPS) is 11.5. The van der Waals surface area contributed by atoms with Crippen LogP contribution in [0.4, 0.5) is 85.3 Å². The molecule has 25 rings (SSSR count). The molecule has 0 radical (unpaired) electrons. The van der Waals surface area contributed by atoms with Crippen LogP contribution in [0, 0.1) is 0 Å². The zero-order chi connectivity index (χ0) is 86.7. The minimum absolute atomic E-state index is 1.07. The molecule has 618 valence electrons. The Bertz CT molecular complexity index is 8350. The van der Waals surface area contributed by atoms with Crippen LogP contribution in [0.25, 0.3) is 124 Å². The smallest absolute Gasteiger partial charge is 0.0561 e. The second kappa shape index (κ2) is 33.3. The summed E-state index contributed by atoms with van der Waals surface area (Å²) >= 11 is 1.89. The first-order valence-electron chi connectivity index (χ1n) is 44.6. The molecule has 0 amide bonds. The van der Waals surface area contributed by atoms with Crippen molar-refractivity contribution in [2.75, 3.05) is 24.5 Å². The number of para-hydroxylation sites is 10. The van der Waals surface area contributed by atoms with Gasteiger partial charge in [-0.3, -0.25) is 0 Å². The average Bonchev–Trinajstić information content (AvgIpc) is 1.57. The molecule has 0 aliphatic rings. The predicted molar refractivity (Wildman–Crippen MR) is 557 cm³/mol. The van der Waals surface area contributed by atoms with Crippen LogP contribution in [0.15, 0.2) is 510 Å². The van der Waals surface area contributed by atoms with E-state index in [1.165, 1.54) is 85.1 Å². The van der Waals surface area contributed by atoms with Crippen molar-refractivity contribution in [1.29, 1.82) is 0 Å². The van der Waals surface area contributed by atoms with E-state index in [0.29, 0.717) is 0 Å². The maximum atomic E-state index is 2.48. The Labute approximate surface area is 763 Å². The SMILES string of the molecule is c1ccc(N(c2ccc(-n3c4ccc(N(c5ccccc5)c5ccccc5)cc4c4c5sc6ccccc6c5ccc43)cc2)c2ccc3c(ccc4ccccc43)c2)cc1.c1ccc(N(c2ccccc2)c2cccc(-n3c4cc(N(c5ccccc5)c5ccccc5)ccc4c4cc5c(cc43)c3ccc(N(c4ccccc4)c4ccccc4)cc3n5-c3ccccc3)c2)cc1. The van der Waals surface area contributed by atoms with Crippen molar-refractivity contribution in [1.82, 2.24) is 13.7 Å². The van der Waals surface area contributed by atoms with Gasteiger partial charge in [0.15, 0.2) is 0 Å². The molecular formula is C122H84N8S. The van der Waals surface area contributed by atoms with Gasteiger partial charge in [0, 0.05) is 155 Å². The van der Waals surface area contributed by atoms with Crippen LogP contribution in [0.3, 0.4) is 0 Å². The minimum atomic E-state index is 1.07. The van der Waals surface area contributed by atoms with Crippen molar-refractivity contribution < 1.29 is 0 Å². The molecule has 25 aromatic rings. The summed E-state index contributed by atoms with van der Waals surface area (Å²) < 4.78 is 10.00. The lowest BCUT2D eigenvalue weighted by Gasteiger charge is -2.26. The van der Waals surface area contributed by atoms with Gasteiger partial charge < -0.3 is 38.2 Å². The molecule has 0 unspecified atom stereocenters. The summed E-state index contributed by atoms with van der Waals surface area (Å²) in [5.41, 5.74) is 26.7. The lowest BCUT2D eigenvalue weighted by molar-refractivity contribution is 1.16. The molecule has 21 aromatic carbocycles. The Morgan fingerprint density at radius 1 is 0.145 bits per heavy atom. The molecule has 0 aliphatic heterocycles. The third-order valence-corrected chi connectivity index (χ3v) is 26.7. The molecule has 4 aromatic heterocycles. The van der Waals surface area contributed by atoms with Gasteiger partial charge >= 0.3 is 0 Å². The average molecular weight is 1690 g/mol. The van der Waals surface area contributed by atoms with Crippen LogP contribution in [0.5, 0.6) is 0 Å². The summed E-state index contributed by atoms with van der Waals surface area (Å²) in [6.07, 6.45) is 0. The van der Waals surface area contributed by atoms with Crippen LogP contribution in [0.2, 0.25) is 0 Å². The van der Waals surface area contributed by atoms with Crippen LogP contribution in [-0.2, 0) is 0 Å². The Balaban J connectivity index is 0.000000147. The molecule has 9 heteroatoms. The molecule has 131 heavy (non-hydrogen) atoms. The minimum Gasteiger partial charge on any atom is -0.310 e. The van der Waals surface area contributed by atoms with Crippen molar-refractivity contribution in [3.05, 3.63) is 510 Å². The van der Waals surface area contributed by atoms with Gasteiger partial charge in [0.05, 0.1) is 33.1 Å². The van der Waals surface area contributed by atoms with Gasteiger partial charge in [-0.25, -0.2) is 0 Å². The first-order valence-corrected chi connectivity index (χ1v) is 45.4. The zero-order valence-electron chi connectivity index (χ0n) is 71.5. The van der Waals surface area contributed by atoms with E-state index in [9.17, 15) is 0 Å². The molecule has 0 saturated carbocycles. The van der Waals surface area contributed by atoms with E-state index in [-0.39, 0.29) is 0 Å². The number of hydrogen-bond acceptors (Lipinski definition) is 6. The third-order valence-electron chi connectivity index (χ3n) is 25.5. The largest absolute Gasteiger partial charge is 0.310 e. The topological polar surface area (TPSA) is 31.0 Å². The van der Waals surface area contributed by atoms with Gasteiger partial charge in [-0.1, -0.05) is 267 Å². The first-order chi connectivity index (χ1) is 65.0. The Hall–Kier alpha value is -17.2. The van der Waals surface area contributed by atoms with Gasteiger partial charge in [0.2, 0.25) is 0 Å². The molecule has 0 spiro atoms. The molecule has 8 nitrogen and oxygen atoms in total. The molecule has 0 fully saturated rings. The molecule has 4 heterocycles. The fraction of sp³-hybridized carbons (Fsp3) is 0. The first kappa shape index (κ1) is 77.3. The second-order valence-electron chi connectivity index (χ2n) is 33.2. The van der Waals surface area contributed by atoms with Gasteiger partial charge in [0.25, 0.3) is 0 Å². The van der Waals surface area contributed by atoms with Gasteiger partial charge in [-0.05, 0) is 264 Å². The highest BCUT2D eigenvalue weighted by atomic mass is 32.1. The Kier molecular flexibility index (Phi) is 19.6. The highest BCUT2D eigenvalue weighted by Gasteiger charge is 2.27. The monoisotopic (exact) mass is 1690 g/mol. The van der Waals surface area contributed by atoms with E-state index in [0.717, 1.165) is 124 Å². The number of rotatable bonds is 18. The quantitative estimate of drug-likeness (QED) is 0.0799. The van der Waals surface area contributed by atoms with Crippen LogP contribution in [-0.4, -0.2) is 13.7 Å². The lowest BCUT2D eigenvalue weighted by Crippen LogP contribution is -2.10. The van der Waals surface area contributed by atoms with Gasteiger partial charge in [0.1, 0.15) is 0 Å². The van der Waals surface area contributed by atoms with E-state index in [4.69, 9.17) is 0 Å². The fourth-order valence-corrected chi connectivity index (χ4v) is 21.0. The van der Waals surface area contributed by atoms with Crippen LogP contribution < -0.4 is 24.5 Å². The second-order valence-corrected chi connectivity index (χ2v) is 34.2. The van der Waals surface area contributed by atoms with Crippen molar-refractivity contribution in [3.63, 3.8) is 0 Å². The Morgan fingerprint density at radius 2 is 0.443 bits per heavy atom. The van der Waals surface area contributed by atoms with E-state index in [2.05, 4.69) is 548 Å². The van der Waals surface area contributed by atoms with E-state index in [1.807, 2.05) is 11.3 Å². The van der Waals surface area contributed by atoms with Crippen molar-refractivity contribution >= 4 is 204 Å². The highest BCUT2D eigenvalue weighted by Crippen LogP contribution is 2.50. The summed E-state index contributed by atoms with van der Waals surface area (Å²) in [6.45, 7) is 0. The molecular weight excluding hydrogens is 1610 g/mol. The van der Waals surface area contributed by atoms with Crippen molar-refractivity contribution in [3.8, 4) is 17.1 Å². The maximum Gasteiger partial charge on any atom is 0.0561 e. The summed E-state index contributed by atoms with van der Waals surface area (Å²) in [5.74, 6) is 0. The third kappa shape index (κ3) is 14.0. The zero-order valence-corrected chi connectivity index (χ0v) is 72.3. The number of aromatic nitrogens is 3. The van der Waals surface area contributed by atoms with Crippen molar-refractivity contribution in [2.45, 2.75) is 0 Å². The predicted octanol–water partition coefficient (Wildman–Crippen LogP) is 34.7. The molecule has 0 aliphatic carbocycles. The van der Waals surface area contributed by atoms with Crippen LogP contribution >= 0.6 is 11.3 Å². The number of thiophene rings is 1. The summed E-state index contributed by atoms with van der Waals surface area (Å²) in [7, 11) is 0. The molecule has 0 saturated heterocycles. The number of hydrogen-bond donors (Lipinski definition) is 0. The van der Waals surface area contributed by atoms with E-state index < -0.39 is 0 Å². The van der Waals surface area contributed by atoms with Gasteiger partial charge in [-0.2, -0.15) is 0 Å². The molecule has 0 N–H and O–H groups in total. The standard InChI is InChI=1S/C66H47N5.C56H37N3S/c1-8-23-48(24-9-1)67(49-25-10-2-11-26-49)55-37-22-38-56(43-55)71-64-45-58(69(52-31-16-5-17-32-52)53-33-18-6-19-34-53)40-42-60(64)62-46-65-61(47-66(62)71)59-41-39-57(44-63(59)70(65)54-35-20-7-21-36-54)68(50-27-12-3-13-28-50)51-29-14-4-15-30-51;1-4-15-40(16-5-1)57(41-17-6-2-7-18-41)46-31-34-52-51(37-46)55-53(35-33-50-49-22-12-13-23-54(49)60-56(50)55)59(52)44-28-26-43(27-29-44)58(42-19-8-3-9-20-42)45-30-32-48-39(36-45)25-24-38-14-10-11-21-47(38)48/h1-47H;1-37H. The van der Waals surface area contributed by atoms with E-state index in [1.54, 1.807) is 0 Å². The Morgan fingerprint density at radius 3 is 0.908 bits per heavy atom. The summed E-state index contributed by atoms with van der Waals surface area (Å²) in [6, 6.07) is 184. The van der Waals surface area contributed by atoms with Gasteiger partial charge in [-0.15, -0.1) is 11.3 Å². The summed E-state index contributed by atoms with van der Waals surface area (Å²) in [5, 5.41) is 14.8. The lowest BCUT2D eigenvalue weighted by atomic mass is 10.0. The fourth-order valence-electron chi connectivity index (χ4n) is 19.7. The molecule has 0 bridgehead atoms. The van der Waals surface area contributed by atoms with E-state index >= 15 is 0 Å². The molecule has 0 atom stereocenters. The maximum absolute atomic E-state index is 2.48. The highest BCUT2D eigenvalue weighted by molar-refractivity contribution is 7.26. The summed E-state index contributed by atoms with van der Waals surface area (Å²) in [4.78, 5) is 11.8. The number of benzene rings is 21. The number of nitrogens with zero attached hydrogens (tertiary/aromatic N) is 8. The number of anilines is 15. The van der Waals surface area contributed by atoms with Crippen LogP contribution in [0.1, 0.15) is 0 Å².